The molecule has 1 aromatic rings. The average Bonchev–Trinajstić information content (AvgIpc) is 2.21. The Labute approximate surface area is 99.1 Å². The standard InChI is InChI=1S/C11H17BrN2O/c1-3-10(4-5-15)14-11-8(2)6-9(12)7-13-11/h6-7,10,15H,3-5H2,1-2H3,(H,13,14). The first-order valence-electron chi connectivity index (χ1n) is 5.17. The minimum absolute atomic E-state index is 0.209. The summed E-state index contributed by atoms with van der Waals surface area (Å²) < 4.78 is 0.987. The highest BCUT2D eigenvalue weighted by Gasteiger charge is 2.07. The fourth-order valence-corrected chi connectivity index (χ4v) is 1.86. The van der Waals surface area contributed by atoms with Crippen molar-refractivity contribution in [3.05, 3.63) is 22.3 Å². The highest BCUT2D eigenvalue weighted by molar-refractivity contribution is 9.10. The van der Waals surface area contributed by atoms with Crippen molar-refractivity contribution < 1.29 is 5.11 Å². The molecule has 0 aliphatic rings. The lowest BCUT2D eigenvalue weighted by Crippen LogP contribution is -2.21. The summed E-state index contributed by atoms with van der Waals surface area (Å²) in [5.41, 5.74) is 1.11. The van der Waals surface area contributed by atoms with Crippen LogP contribution in [0.25, 0.3) is 0 Å². The van der Waals surface area contributed by atoms with E-state index in [4.69, 9.17) is 5.11 Å². The fraction of sp³-hybridized carbons (Fsp3) is 0.545. The lowest BCUT2D eigenvalue weighted by Gasteiger charge is -2.17. The van der Waals surface area contributed by atoms with E-state index < -0.39 is 0 Å². The van der Waals surface area contributed by atoms with Crippen LogP contribution < -0.4 is 5.32 Å². The van der Waals surface area contributed by atoms with Gasteiger partial charge < -0.3 is 10.4 Å². The molecular weight excluding hydrogens is 256 g/mol. The molecule has 1 aromatic heterocycles. The summed E-state index contributed by atoms with van der Waals surface area (Å²) in [4.78, 5) is 4.31. The predicted octanol–water partition coefficient (Wildman–Crippen LogP) is 2.73. The second-order valence-corrected chi connectivity index (χ2v) is 4.50. The Balaban J connectivity index is 2.70. The molecule has 0 fully saturated rings. The van der Waals surface area contributed by atoms with Crippen molar-refractivity contribution in [3.63, 3.8) is 0 Å². The maximum Gasteiger partial charge on any atom is 0.129 e. The van der Waals surface area contributed by atoms with Gasteiger partial charge in [-0.2, -0.15) is 0 Å². The van der Waals surface area contributed by atoms with E-state index in [-0.39, 0.29) is 6.61 Å². The molecule has 0 aliphatic heterocycles. The van der Waals surface area contributed by atoms with Crippen LogP contribution in [0.5, 0.6) is 0 Å². The topological polar surface area (TPSA) is 45.1 Å². The third kappa shape index (κ3) is 3.80. The summed E-state index contributed by atoms with van der Waals surface area (Å²) in [6.45, 7) is 4.33. The predicted molar refractivity (Wildman–Crippen MR) is 66.1 cm³/mol. The van der Waals surface area contributed by atoms with E-state index in [0.717, 1.165) is 28.7 Å². The van der Waals surface area contributed by atoms with Gasteiger partial charge in [0.1, 0.15) is 5.82 Å². The molecule has 0 saturated heterocycles. The van der Waals surface area contributed by atoms with Crippen LogP contribution in [-0.4, -0.2) is 22.7 Å². The number of hydrogen-bond donors (Lipinski definition) is 2. The van der Waals surface area contributed by atoms with Crippen LogP contribution in [0, 0.1) is 6.92 Å². The molecule has 3 nitrogen and oxygen atoms in total. The van der Waals surface area contributed by atoms with E-state index in [1.165, 1.54) is 0 Å². The van der Waals surface area contributed by atoms with Gasteiger partial charge in [-0.3, -0.25) is 0 Å². The molecule has 0 bridgehead atoms. The van der Waals surface area contributed by atoms with E-state index in [1.807, 2.05) is 13.0 Å². The van der Waals surface area contributed by atoms with Gasteiger partial charge in [0.15, 0.2) is 0 Å². The quantitative estimate of drug-likeness (QED) is 0.867. The Morgan fingerprint density at radius 3 is 2.87 bits per heavy atom. The zero-order chi connectivity index (χ0) is 11.3. The maximum absolute atomic E-state index is 8.89. The zero-order valence-corrected chi connectivity index (χ0v) is 10.7. The molecule has 0 spiro atoms. The SMILES string of the molecule is CCC(CCO)Nc1ncc(Br)cc1C. The second-order valence-electron chi connectivity index (χ2n) is 3.58. The molecule has 15 heavy (non-hydrogen) atoms. The molecule has 0 amide bonds. The Morgan fingerprint density at radius 1 is 1.60 bits per heavy atom. The van der Waals surface area contributed by atoms with Gasteiger partial charge in [-0.05, 0) is 47.3 Å². The number of halogens is 1. The van der Waals surface area contributed by atoms with Crippen LogP contribution in [0.4, 0.5) is 5.82 Å². The second kappa shape index (κ2) is 6.08. The number of rotatable bonds is 5. The molecule has 2 N–H and O–H groups in total. The first-order chi connectivity index (χ1) is 7.17. The van der Waals surface area contributed by atoms with Gasteiger partial charge in [0.05, 0.1) is 0 Å². The zero-order valence-electron chi connectivity index (χ0n) is 9.13. The number of nitrogens with zero attached hydrogens (tertiary/aromatic N) is 1. The number of pyridine rings is 1. The molecule has 1 rings (SSSR count). The molecule has 0 aromatic carbocycles. The molecule has 4 heteroatoms. The van der Waals surface area contributed by atoms with Crippen LogP contribution in [-0.2, 0) is 0 Å². The summed E-state index contributed by atoms with van der Waals surface area (Å²) >= 11 is 3.38. The van der Waals surface area contributed by atoms with Gasteiger partial charge in [0.2, 0.25) is 0 Å². The lowest BCUT2D eigenvalue weighted by atomic mass is 10.1. The summed E-state index contributed by atoms with van der Waals surface area (Å²) in [5.74, 6) is 0.901. The average molecular weight is 273 g/mol. The molecule has 0 aliphatic carbocycles. The van der Waals surface area contributed by atoms with Gasteiger partial charge in [0, 0.05) is 23.3 Å². The molecule has 1 atom stereocenters. The first-order valence-corrected chi connectivity index (χ1v) is 5.96. The van der Waals surface area contributed by atoms with Crippen molar-refractivity contribution in [2.24, 2.45) is 0 Å². The highest BCUT2D eigenvalue weighted by Crippen LogP contribution is 2.18. The highest BCUT2D eigenvalue weighted by atomic mass is 79.9. The summed E-state index contributed by atoms with van der Waals surface area (Å²) in [7, 11) is 0. The van der Waals surface area contributed by atoms with E-state index >= 15 is 0 Å². The van der Waals surface area contributed by atoms with E-state index in [2.05, 4.69) is 33.2 Å². The number of anilines is 1. The Hall–Kier alpha value is -0.610. The molecule has 84 valence electrons. The van der Waals surface area contributed by atoms with Crippen molar-refractivity contribution in [2.75, 3.05) is 11.9 Å². The molecule has 1 heterocycles. The first kappa shape index (κ1) is 12.5. The number of hydrogen-bond acceptors (Lipinski definition) is 3. The minimum atomic E-state index is 0.209. The number of aliphatic hydroxyl groups is 1. The van der Waals surface area contributed by atoms with Crippen molar-refractivity contribution >= 4 is 21.7 Å². The van der Waals surface area contributed by atoms with Gasteiger partial charge in [-0.25, -0.2) is 4.98 Å². The Kier molecular flexibility index (Phi) is 5.05. The van der Waals surface area contributed by atoms with Crippen LogP contribution >= 0.6 is 15.9 Å². The largest absolute Gasteiger partial charge is 0.396 e. The number of aromatic nitrogens is 1. The normalized spacial score (nSPS) is 12.5. The molecule has 0 radical (unpaired) electrons. The van der Waals surface area contributed by atoms with Crippen molar-refractivity contribution in [1.29, 1.82) is 0 Å². The summed E-state index contributed by atoms with van der Waals surface area (Å²) in [5, 5.41) is 12.2. The molecule has 1 unspecified atom stereocenters. The Bertz CT molecular complexity index is 317. The van der Waals surface area contributed by atoms with Crippen molar-refractivity contribution in [1.82, 2.24) is 4.98 Å². The smallest absolute Gasteiger partial charge is 0.129 e. The number of aliphatic hydroxyl groups excluding tert-OH is 1. The molecule has 0 saturated carbocycles. The van der Waals surface area contributed by atoms with Crippen molar-refractivity contribution in [2.45, 2.75) is 32.7 Å². The fourth-order valence-electron chi connectivity index (χ4n) is 1.42. The van der Waals surface area contributed by atoms with E-state index in [9.17, 15) is 0 Å². The van der Waals surface area contributed by atoms with Crippen LogP contribution in [0.15, 0.2) is 16.7 Å². The monoisotopic (exact) mass is 272 g/mol. The lowest BCUT2D eigenvalue weighted by molar-refractivity contribution is 0.278. The van der Waals surface area contributed by atoms with Gasteiger partial charge in [-0.1, -0.05) is 6.92 Å². The third-order valence-electron chi connectivity index (χ3n) is 2.36. The van der Waals surface area contributed by atoms with Crippen LogP contribution in [0.2, 0.25) is 0 Å². The van der Waals surface area contributed by atoms with E-state index in [0.29, 0.717) is 6.04 Å². The van der Waals surface area contributed by atoms with Gasteiger partial charge in [-0.15, -0.1) is 0 Å². The maximum atomic E-state index is 8.89. The Morgan fingerprint density at radius 2 is 2.33 bits per heavy atom. The number of nitrogens with one attached hydrogen (secondary N) is 1. The van der Waals surface area contributed by atoms with Gasteiger partial charge >= 0.3 is 0 Å². The summed E-state index contributed by atoms with van der Waals surface area (Å²) in [6, 6.07) is 2.32. The van der Waals surface area contributed by atoms with Gasteiger partial charge in [0.25, 0.3) is 0 Å². The number of aryl methyl sites for hydroxylation is 1. The minimum Gasteiger partial charge on any atom is -0.396 e. The van der Waals surface area contributed by atoms with Crippen molar-refractivity contribution in [3.8, 4) is 0 Å². The van der Waals surface area contributed by atoms with Crippen LogP contribution in [0.1, 0.15) is 25.3 Å². The molecular formula is C11H17BrN2O. The van der Waals surface area contributed by atoms with E-state index in [1.54, 1.807) is 6.20 Å². The summed E-state index contributed by atoms with van der Waals surface area (Å²) in [6.07, 6.45) is 3.52. The van der Waals surface area contributed by atoms with Crippen LogP contribution in [0.3, 0.4) is 0 Å². The third-order valence-corrected chi connectivity index (χ3v) is 2.79.